The molecule has 1 aromatic carbocycles. The lowest BCUT2D eigenvalue weighted by Gasteiger charge is -2.10. The van der Waals surface area contributed by atoms with Gasteiger partial charge in [0.1, 0.15) is 0 Å². The lowest BCUT2D eigenvalue weighted by atomic mass is 10.2. The summed E-state index contributed by atoms with van der Waals surface area (Å²) in [5.74, 6) is -1.07. The van der Waals surface area contributed by atoms with Crippen molar-refractivity contribution in [1.29, 1.82) is 0 Å². The largest absolute Gasteiger partial charge is 0.481 e. The summed E-state index contributed by atoms with van der Waals surface area (Å²) in [4.78, 5) is 20.6. The highest BCUT2D eigenvalue weighted by molar-refractivity contribution is 5.82. The Morgan fingerprint density at radius 1 is 1.42 bits per heavy atom. The molecule has 0 aliphatic rings. The van der Waals surface area contributed by atoms with Crippen molar-refractivity contribution in [2.45, 2.75) is 19.1 Å². The van der Waals surface area contributed by atoms with E-state index in [2.05, 4.69) is 0 Å². The maximum absolute atomic E-state index is 10.6. The van der Waals surface area contributed by atoms with Gasteiger partial charge in [-0.05, 0) is 12.1 Å². The van der Waals surface area contributed by atoms with Gasteiger partial charge in [-0.2, -0.15) is 0 Å². The highest BCUT2D eigenvalue weighted by atomic mass is 16.6. The first-order chi connectivity index (χ1) is 8.97. The van der Waals surface area contributed by atoms with Gasteiger partial charge in [0.25, 0.3) is 5.69 Å². The van der Waals surface area contributed by atoms with E-state index in [-0.39, 0.29) is 18.7 Å². The van der Waals surface area contributed by atoms with E-state index in [1.54, 1.807) is 22.9 Å². The van der Waals surface area contributed by atoms with Crippen molar-refractivity contribution >= 4 is 22.6 Å². The number of aliphatic hydroxyl groups is 1. The Labute approximate surface area is 107 Å². The highest BCUT2D eigenvalue weighted by Gasteiger charge is 2.13. The lowest BCUT2D eigenvalue weighted by Crippen LogP contribution is -2.19. The number of nitro benzene ring substituents is 1. The van der Waals surface area contributed by atoms with Gasteiger partial charge in [0.15, 0.2) is 0 Å². The lowest BCUT2D eigenvalue weighted by molar-refractivity contribution is -0.384. The van der Waals surface area contributed by atoms with Crippen LogP contribution in [0.1, 0.15) is 6.42 Å². The molecular weight excluding hydrogens is 252 g/mol. The quantitative estimate of drug-likeness (QED) is 0.627. The number of carbonyl (C=O) groups is 1. The van der Waals surface area contributed by atoms with Crippen molar-refractivity contribution in [1.82, 2.24) is 4.57 Å². The number of nitro groups is 1. The van der Waals surface area contributed by atoms with Crippen LogP contribution >= 0.6 is 0 Å². The summed E-state index contributed by atoms with van der Waals surface area (Å²) in [6.07, 6.45) is 0.329. The molecular formula is C12H12N2O5. The minimum absolute atomic E-state index is 0.00339. The SMILES string of the molecule is O=C(O)CC(O)Cn1ccc2cc([N+](=O)[O-])ccc21. The molecule has 19 heavy (non-hydrogen) atoms. The van der Waals surface area contributed by atoms with Gasteiger partial charge in [0.2, 0.25) is 0 Å². The van der Waals surface area contributed by atoms with Crippen molar-refractivity contribution in [2.24, 2.45) is 0 Å². The first-order valence-electron chi connectivity index (χ1n) is 5.60. The number of non-ortho nitro benzene ring substituents is 1. The molecule has 7 nitrogen and oxygen atoms in total. The Kier molecular flexibility index (Phi) is 3.48. The number of carboxylic acids is 1. The van der Waals surface area contributed by atoms with E-state index in [0.29, 0.717) is 5.39 Å². The fraction of sp³-hybridized carbons (Fsp3) is 0.250. The van der Waals surface area contributed by atoms with E-state index >= 15 is 0 Å². The Morgan fingerprint density at radius 2 is 2.16 bits per heavy atom. The third kappa shape index (κ3) is 2.89. The molecule has 0 saturated heterocycles. The molecule has 0 radical (unpaired) electrons. The van der Waals surface area contributed by atoms with Crippen molar-refractivity contribution in [3.8, 4) is 0 Å². The van der Waals surface area contributed by atoms with Crippen molar-refractivity contribution < 1.29 is 19.9 Å². The standard InChI is InChI=1S/C12H12N2O5/c15-10(6-12(16)17)7-13-4-3-8-5-9(14(18)19)1-2-11(8)13/h1-5,10,15H,6-7H2,(H,16,17). The number of hydrogen-bond acceptors (Lipinski definition) is 4. The van der Waals surface area contributed by atoms with Gasteiger partial charge in [0.05, 0.1) is 17.4 Å². The molecule has 2 aromatic rings. The maximum Gasteiger partial charge on any atom is 0.306 e. The van der Waals surface area contributed by atoms with Crippen LogP contribution in [0.5, 0.6) is 0 Å². The average Bonchev–Trinajstić information content (AvgIpc) is 2.70. The first kappa shape index (κ1) is 13.0. The van der Waals surface area contributed by atoms with Gasteiger partial charge in [-0.25, -0.2) is 0 Å². The molecule has 100 valence electrons. The summed E-state index contributed by atoms with van der Waals surface area (Å²) in [7, 11) is 0. The molecule has 1 atom stereocenters. The molecule has 0 spiro atoms. The smallest absolute Gasteiger partial charge is 0.306 e. The number of carboxylic acid groups (broad SMARTS) is 1. The second-order valence-corrected chi connectivity index (χ2v) is 4.22. The van der Waals surface area contributed by atoms with Crippen molar-refractivity contribution in [3.05, 3.63) is 40.6 Å². The molecule has 1 unspecified atom stereocenters. The normalized spacial score (nSPS) is 12.5. The fourth-order valence-electron chi connectivity index (χ4n) is 1.95. The van der Waals surface area contributed by atoms with E-state index in [0.717, 1.165) is 5.52 Å². The number of nitrogens with zero attached hydrogens (tertiary/aromatic N) is 2. The molecule has 2 rings (SSSR count). The number of aliphatic hydroxyl groups excluding tert-OH is 1. The highest BCUT2D eigenvalue weighted by Crippen LogP contribution is 2.22. The molecule has 0 aliphatic carbocycles. The van der Waals surface area contributed by atoms with E-state index in [1.165, 1.54) is 12.1 Å². The van der Waals surface area contributed by atoms with Crippen LogP contribution in [0.15, 0.2) is 30.5 Å². The summed E-state index contributed by atoms with van der Waals surface area (Å²) < 4.78 is 1.67. The minimum atomic E-state index is -1.07. The molecule has 0 aliphatic heterocycles. The predicted octanol–water partition coefficient (Wildman–Crippen LogP) is 1.39. The van der Waals surface area contributed by atoms with Crippen LogP contribution in [0.2, 0.25) is 0 Å². The number of fused-ring (bicyclic) bond motifs is 1. The van der Waals surface area contributed by atoms with Crippen LogP contribution in [0.25, 0.3) is 10.9 Å². The summed E-state index contributed by atoms with van der Waals surface area (Å²) >= 11 is 0. The maximum atomic E-state index is 10.6. The zero-order valence-corrected chi connectivity index (χ0v) is 9.89. The van der Waals surface area contributed by atoms with Crippen LogP contribution in [-0.4, -0.2) is 31.8 Å². The summed E-state index contributed by atoms with van der Waals surface area (Å²) in [5.41, 5.74) is 0.714. The number of benzene rings is 1. The van der Waals surface area contributed by atoms with Crippen LogP contribution in [0, 0.1) is 10.1 Å². The number of aromatic nitrogens is 1. The number of rotatable bonds is 5. The monoisotopic (exact) mass is 264 g/mol. The Morgan fingerprint density at radius 3 is 2.79 bits per heavy atom. The van der Waals surface area contributed by atoms with E-state index in [1.807, 2.05) is 0 Å². The van der Waals surface area contributed by atoms with Crippen LogP contribution in [-0.2, 0) is 11.3 Å². The molecule has 0 fully saturated rings. The second kappa shape index (κ2) is 5.07. The molecule has 0 saturated carbocycles. The summed E-state index contributed by atoms with van der Waals surface area (Å²) in [5, 5.41) is 29.5. The molecule has 0 bridgehead atoms. The van der Waals surface area contributed by atoms with E-state index in [4.69, 9.17) is 5.11 Å². The summed E-state index contributed by atoms with van der Waals surface area (Å²) in [6, 6.07) is 6.09. The zero-order chi connectivity index (χ0) is 14.0. The van der Waals surface area contributed by atoms with Gasteiger partial charge in [-0.1, -0.05) is 0 Å². The molecule has 1 heterocycles. The third-order valence-corrected chi connectivity index (χ3v) is 2.78. The third-order valence-electron chi connectivity index (χ3n) is 2.78. The van der Waals surface area contributed by atoms with Crippen LogP contribution < -0.4 is 0 Å². The predicted molar refractivity (Wildman–Crippen MR) is 66.9 cm³/mol. The number of hydrogen-bond donors (Lipinski definition) is 2. The Hall–Kier alpha value is -2.41. The fourth-order valence-corrected chi connectivity index (χ4v) is 1.95. The molecule has 0 amide bonds. The molecule has 2 N–H and O–H groups in total. The van der Waals surface area contributed by atoms with Crippen LogP contribution in [0.4, 0.5) is 5.69 Å². The zero-order valence-electron chi connectivity index (χ0n) is 9.89. The Balaban J connectivity index is 2.26. The van der Waals surface area contributed by atoms with Crippen LogP contribution in [0.3, 0.4) is 0 Å². The molecule has 7 heteroatoms. The van der Waals surface area contributed by atoms with Crippen molar-refractivity contribution in [2.75, 3.05) is 0 Å². The van der Waals surface area contributed by atoms with Gasteiger partial charge >= 0.3 is 5.97 Å². The van der Waals surface area contributed by atoms with Gasteiger partial charge < -0.3 is 14.8 Å². The van der Waals surface area contributed by atoms with Gasteiger partial charge in [-0.3, -0.25) is 14.9 Å². The number of aliphatic carboxylic acids is 1. The van der Waals surface area contributed by atoms with E-state index < -0.39 is 17.0 Å². The minimum Gasteiger partial charge on any atom is -0.481 e. The van der Waals surface area contributed by atoms with E-state index in [9.17, 15) is 20.0 Å². The van der Waals surface area contributed by atoms with Gasteiger partial charge in [0, 0.05) is 35.8 Å². The molecule has 1 aromatic heterocycles. The Bertz CT molecular complexity index is 634. The average molecular weight is 264 g/mol. The second-order valence-electron chi connectivity index (χ2n) is 4.22. The van der Waals surface area contributed by atoms with Gasteiger partial charge in [-0.15, -0.1) is 0 Å². The topological polar surface area (TPSA) is 106 Å². The summed E-state index contributed by atoms with van der Waals surface area (Å²) in [6.45, 7) is 0.133. The first-order valence-corrected chi connectivity index (χ1v) is 5.60. The van der Waals surface area contributed by atoms with Crippen molar-refractivity contribution in [3.63, 3.8) is 0 Å².